The van der Waals surface area contributed by atoms with Crippen LogP contribution < -0.4 is 10.6 Å². The van der Waals surface area contributed by atoms with Gasteiger partial charge >= 0.3 is 5.97 Å². The second kappa shape index (κ2) is 9.23. The SMILES string of the molecule is CC(C)NC(=O)COC(=O)c1ccccc1SCC(=O)NC12CC3CC(CC(C3)C1)C2. The number of carbonyl (C=O) groups is 3. The smallest absolute Gasteiger partial charge is 0.339 e. The summed E-state index contributed by atoms with van der Waals surface area (Å²) in [5.41, 5.74) is 0.377. The van der Waals surface area contributed by atoms with Gasteiger partial charge in [-0.25, -0.2) is 4.79 Å². The first-order valence-corrected chi connectivity index (χ1v) is 12.3. The van der Waals surface area contributed by atoms with E-state index in [0.29, 0.717) is 10.5 Å². The minimum Gasteiger partial charge on any atom is -0.452 e. The number of thioether (sulfide) groups is 1. The first kappa shape index (κ1) is 22.2. The number of nitrogens with one attached hydrogen (secondary N) is 2. The van der Waals surface area contributed by atoms with Crippen LogP contribution in [0.1, 0.15) is 62.7 Å². The number of hydrogen-bond acceptors (Lipinski definition) is 5. The van der Waals surface area contributed by atoms with Gasteiger partial charge in [0.2, 0.25) is 5.91 Å². The number of esters is 1. The normalized spacial score (nSPS) is 28.4. The quantitative estimate of drug-likeness (QED) is 0.473. The van der Waals surface area contributed by atoms with Crippen LogP contribution in [-0.4, -0.2) is 41.7 Å². The van der Waals surface area contributed by atoms with Gasteiger partial charge in [0.1, 0.15) is 0 Å². The molecule has 0 unspecified atom stereocenters. The number of rotatable bonds is 8. The van der Waals surface area contributed by atoms with Crippen molar-refractivity contribution in [1.29, 1.82) is 0 Å². The average Bonchev–Trinajstić information content (AvgIpc) is 2.69. The second-order valence-electron chi connectivity index (χ2n) is 9.83. The van der Waals surface area contributed by atoms with Crippen molar-refractivity contribution in [3.63, 3.8) is 0 Å². The molecule has 0 atom stereocenters. The second-order valence-corrected chi connectivity index (χ2v) is 10.8. The van der Waals surface area contributed by atoms with E-state index in [1.165, 1.54) is 31.0 Å². The molecule has 4 saturated carbocycles. The van der Waals surface area contributed by atoms with Gasteiger partial charge in [0.05, 0.1) is 11.3 Å². The Morgan fingerprint density at radius 3 is 2.26 bits per heavy atom. The van der Waals surface area contributed by atoms with Crippen molar-refractivity contribution >= 4 is 29.5 Å². The molecule has 0 radical (unpaired) electrons. The summed E-state index contributed by atoms with van der Waals surface area (Å²) in [7, 11) is 0. The molecule has 0 saturated heterocycles. The maximum atomic E-state index is 12.8. The van der Waals surface area contributed by atoms with Crippen LogP contribution in [0.4, 0.5) is 0 Å². The molecule has 0 aliphatic heterocycles. The fourth-order valence-corrected chi connectivity index (χ4v) is 6.91. The van der Waals surface area contributed by atoms with E-state index in [0.717, 1.165) is 37.0 Å². The van der Waals surface area contributed by atoms with E-state index in [1.54, 1.807) is 12.1 Å². The third-order valence-corrected chi connectivity index (χ3v) is 7.77. The van der Waals surface area contributed by atoms with Crippen molar-refractivity contribution in [3.8, 4) is 0 Å². The third kappa shape index (κ3) is 5.43. The minimum atomic E-state index is -0.552. The van der Waals surface area contributed by atoms with Crippen LogP contribution in [0, 0.1) is 17.8 Å². The molecular weight excluding hydrogens is 412 g/mol. The summed E-state index contributed by atoms with van der Waals surface area (Å²) < 4.78 is 5.16. The summed E-state index contributed by atoms with van der Waals surface area (Å²) in [5.74, 6) is 1.76. The molecule has 0 heterocycles. The standard InChI is InChI=1S/C24H32N2O4S/c1-15(2)25-21(27)13-30-23(29)19-5-3-4-6-20(19)31-14-22(28)26-24-10-16-7-17(11-24)9-18(8-16)12-24/h3-6,15-18H,7-14H2,1-2H3,(H,25,27)(H,26,28). The summed E-state index contributed by atoms with van der Waals surface area (Å²) in [4.78, 5) is 37.7. The van der Waals surface area contributed by atoms with Gasteiger partial charge < -0.3 is 15.4 Å². The van der Waals surface area contributed by atoms with Gasteiger partial charge in [-0.1, -0.05) is 12.1 Å². The van der Waals surface area contributed by atoms with Crippen molar-refractivity contribution < 1.29 is 19.1 Å². The molecule has 31 heavy (non-hydrogen) atoms. The third-order valence-electron chi connectivity index (χ3n) is 6.69. The lowest BCUT2D eigenvalue weighted by molar-refractivity contribution is -0.125. The molecule has 1 aromatic carbocycles. The van der Waals surface area contributed by atoms with E-state index in [-0.39, 0.29) is 35.8 Å². The van der Waals surface area contributed by atoms with Gasteiger partial charge in [-0.3, -0.25) is 9.59 Å². The van der Waals surface area contributed by atoms with E-state index in [9.17, 15) is 14.4 Å². The zero-order valence-electron chi connectivity index (χ0n) is 18.3. The highest BCUT2D eigenvalue weighted by atomic mass is 32.2. The zero-order valence-corrected chi connectivity index (χ0v) is 19.1. The highest BCUT2D eigenvalue weighted by molar-refractivity contribution is 8.00. The van der Waals surface area contributed by atoms with Gasteiger partial charge in [-0.2, -0.15) is 0 Å². The van der Waals surface area contributed by atoms with Crippen LogP contribution >= 0.6 is 11.8 Å². The molecule has 6 nitrogen and oxygen atoms in total. The first-order chi connectivity index (χ1) is 14.8. The van der Waals surface area contributed by atoms with Crippen LogP contribution in [0.15, 0.2) is 29.2 Å². The van der Waals surface area contributed by atoms with Crippen LogP contribution in [0.3, 0.4) is 0 Å². The van der Waals surface area contributed by atoms with Gasteiger partial charge in [0.25, 0.3) is 5.91 Å². The fraction of sp³-hybridized carbons (Fsp3) is 0.625. The van der Waals surface area contributed by atoms with Gasteiger partial charge in [0.15, 0.2) is 6.61 Å². The molecule has 4 aliphatic carbocycles. The van der Waals surface area contributed by atoms with Gasteiger partial charge in [-0.15, -0.1) is 11.8 Å². The van der Waals surface area contributed by atoms with E-state index in [4.69, 9.17) is 4.74 Å². The van der Waals surface area contributed by atoms with E-state index >= 15 is 0 Å². The van der Waals surface area contributed by atoms with Crippen molar-refractivity contribution in [2.24, 2.45) is 17.8 Å². The summed E-state index contributed by atoms with van der Waals surface area (Å²) in [6, 6.07) is 7.06. The molecule has 0 aromatic heterocycles. The summed E-state index contributed by atoms with van der Waals surface area (Å²) in [6.07, 6.45) is 7.39. The first-order valence-electron chi connectivity index (χ1n) is 11.3. The predicted octanol–water partition coefficient (Wildman–Crippen LogP) is 3.55. The molecular formula is C24H32N2O4S. The molecule has 2 amide bonds. The molecule has 0 spiro atoms. The van der Waals surface area contributed by atoms with Crippen molar-refractivity contribution in [2.45, 2.75) is 68.8 Å². The zero-order chi connectivity index (χ0) is 22.0. The van der Waals surface area contributed by atoms with Gasteiger partial charge in [0, 0.05) is 16.5 Å². The van der Waals surface area contributed by atoms with Crippen molar-refractivity contribution in [1.82, 2.24) is 10.6 Å². The molecule has 1 aromatic rings. The summed E-state index contributed by atoms with van der Waals surface area (Å²) in [6.45, 7) is 3.38. The molecule has 4 aliphatic rings. The lowest BCUT2D eigenvalue weighted by Gasteiger charge is -2.56. The maximum Gasteiger partial charge on any atom is 0.339 e. The number of hydrogen-bond donors (Lipinski definition) is 2. The van der Waals surface area contributed by atoms with Gasteiger partial charge in [-0.05, 0) is 82.3 Å². The van der Waals surface area contributed by atoms with Crippen LogP contribution in [0.5, 0.6) is 0 Å². The molecule has 4 fully saturated rings. The molecule has 7 heteroatoms. The number of amides is 2. The Balaban J connectivity index is 1.31. The maximum absolute atomic E-state index is 12.8. The van der Waals surface area contributed by atoms with E-state index in [2.05, 4.69) is 10.6 Å². The molecule has 2 N–H and O–H groups in total. The predicted molar refractivity (Wildman–Crippen MR) is 120 cm³/mol. The lowest BCUT2D eigenvalue weighted by Crippen LogP contribution is -2.60. The fourth-order valence-electron chi connectivity index (χ4n) is 6.07. The topological polar surface area (TPSA) is 84.5 Å². The van der Waals surface area contributed by atoms with Crippen LogP contribution in [0.2, 0.25) is 0 Å². The molecule has 4 bridgehead atoms. The Labute approximate surface area is 188 Å². The van der Waals surface area contributed by atoms with Crippen LogP contribution in [0.25, 0.3) is 0 Å². The monoisotopic (exact) mass is 444 g/mol. The summed E-state index contributed by atoms with van der Waals surface area (Å²) in [5, 5.41) is 6.06. The molecule has 168 valence electrons. The van der Waals surface area contributed by atoms with Crippen molar-refractivity contribution in [3.05, 3.63) is 29.8 Å². The minimum absolute atomic E-state index is 0.00534. The van der Waals surface area contributed by atoms with E-state index < -0.39 is 5.97 Å². The highest BCUT2D eigenvalue weighted by Crippen LogP contribution is 2.55. The highest BCUT2D eigenvalue weighted by Gasteiger charge is 2.51. The Morgan fingerprint density at radius 2 is 1.65 bits per heavy atom. The average molecular weight is 445 g/mol. The Morgan fingerprint density at radius 1 is 1.03 bits per heavy atom. The Hall–Kier alpha value is -2.02. The number of benzene rings is 1. The van der Waals surface area contributed by atoms with Crippen molar-refractivity contribution in [2.75, 3.05) is 12.4 Å². The Kier molecular flexibility index (Phi) is 6.60. The molecule has 5 rings (SSSR count). The van der Waals surface area contributed by atoms with E-state index in [1.807, 2.05) is 26.0 Å². The lowest BCUT2D eigenvalue weighted by atomic mass is 9.53. The number of carbonyl (C=O) groups excluding carboxylic acids is 3. The van der Waals surface area contributed by atoms with Crippen LogP contribution in [-0.2, 0) is 14.3 Å². The number of ether oxygens (including phenoxy) is 1. The Bertz CT molecular complexity index is 818. The summed E-state index contributed by atoms with van der Waals surface area (Å²) >= 11 is 1.34. The largest absolute Gasteiger partial charge is 0.452 e.